The van der Waals surface area contributed by atoms with Crippen LogP contribution in [0.1, 0.15) is 27.0 Å². The van der Waals surface area contributed by atoms with Crippen molar-refractivity contribution < 1.29 is 14.5 Å². The first-order valence-corrected chi connectivity index (χ1v) is 15.0. The molecule has 0 saturated carbocycles. The molecule has 2 amide bonds. The Morgan fingerprint density at radius 3 is 2.32 bits per heavy atom. The molecule has 6 rings (SSSR count). The van der Waals surface area contributed by atoms with Crippen LogP contribution in [0, 0.1) is 0 Å². The van der Waals surface area contributed by atoms with Gasteiger partial charge in [-0.3, -0.25) is 9.59 Å². The molecule has 0 aromatic heterocycles. The highest BCUT2D eigenvalue weighted by Crippen LogP contribution is 2.42. The quantitative estimate of drug-likeness (QED) is 0.304. The molecular formula is C34H31ClN3O2S+. The van der Waals surface area contributed by atoms with E-state index in [0.29, 0.717) is 22.0 Å². The third-order valence-electron chi connectivity index (χ3n) is 7.57. The number of anilines is 1. The highest BCUT2D eigenvalue weighted by atomic mass is 35.5. The van der Waals surface area contributed by atoms with E-state index in [4.69, 9.17) is 11.6 Å². The number of nitrogens with zero attached hydrogens (tertiary/aromatic N) is 2. The molecule has 2 heterocycles. The molecule has 0 unspecified atom stereocenters. The van der Waals surface area contributed by atoms with E-state index in [0.717, 1.165) is 54.4 Å². The van der Waals surface area contributed by atoms with Gasteiger partial charge >= 0.3 is 0 Å². The Hall–Kier alpha value is -3.84. The van der Waals surface area contributed by atoms with Gasteiger partial charge in [-0.15, -0.1) is 0 Å². The zero-order valence-corrected chi connectivity index (χ0v) is 24.2. The van der Waals surface area contributed by atoms with Crippen LogP contribution in [0.4, 0.5) is 5.69 Å². The molecule has 1 fully saturated rings. The molecule has 1 saturated heterocycles. The van der Waals surface area contributed by atoms with Gasteiger partial charge < -0.3 is 14.7 Å². The minimum absolute atomic E-state index is 0.0512. The molecule has 7 heteroatoms. The summed E-state index contributed by atoms with van der Waals surface area (Å²) in [5.74, 6) is 0.0115. The summed E-state index contributed by atoms with van der Waals surface area (Å²) in [6.07, 6.45) is 1.91. The van der Waals surface area contributed by atoms with Crippen LogP contribution in [0.2, 0.25) is 5.02 Å². The summed E-state index contributed by atoms with van der Waals surface area (Å²) in [4.78, 5) is 33.8. The van der Waals surface area contributed by atoms with E-state index < -0.39 is 0 Å². The number of thioether (sulfide) groups is 1. The van der Waals surface area contributed by atoms with E-state index in [-0.39, 0.29) is 11.8 Å². The molecule has 1 N–H and O–H groups in total. The largest absolute Gasteiger partial charge is 0.328 e. The Morgan fingerprint density at radius 2 is 1.56 bits per heavy atom. The number of piperazine rings is 1. The molecule has 5 nitrogen and oxygen atoms in total. The average Bonchev–Trinajstić information content (AvgIpc) is 3.00. The van der Waals surface area contributed by atoms with Crippen molar-refractivity contribution in [3.8, 4) is 0 Å². The van der Waals surface area contributed by atoms with Gasteiger partial charge in [0.25, 0.3) is 11.8 Å². The zero-order valence-electron chi connectivity index (χ0n) is 22.6. The number of benzene rings is 4. The van der Waals surface area contributed by atoms with Crippen molar-refractivity contribution in [2.24, 2.45) is 0 Å². The lowest BCUT2D eigenvalue weighted by Crippen LogP contribution is -3.13. The number of hydrogen-bond acceptors (Lipinski definition) is 3. The van der Waals surface area contributed by atoms with E-state index in [2.05, 4.69) is 24.3 Å². The fourth-order valence-electron chi connectivity index (χ4n) is 5.38. The second-order valence-corrected chi connectivity index (χ2v) is 11.9. The second kappa shape index (κ2) is 12.4. The summed E-state index contributed by atoms with van der Waals surface area (Å²) in [6.45, 7) is 4.81. The predicted molar refractivity (Wildman–Crippen MR) is 166 cm³/mol. The Labute approximate surface area is 250 Å². The van der Waals surface area contributed by atoms with Crippen LogP contribution in [-0.2, 0) is 17.9 Å². The zero-order chi connectivity index (χ0) is 28.2. The van der Waals surface area contributed by atoms with Crippen molar-refractivity contribution in [2.75, 3.05) is 31.1 Å². The summed E-state index contributed by atoms with van der Waals surface area (Å²) in [5, 5.41) is 0.648. The van der Waals surface area contributed by atoms with Crippen LogP contribution in [0.15, 0.2) is 113 Å². The minimum Gasteiger partial charge on any atom is -0.328 e. The SMILES string of the molecule is O=C(c1ccc(C=C2Sc3ccccc3N(Cc3cccc(Cl)c3)C2=O)cc1)N1CC[NH+](Cc2ccccc2)CC1. The van der Waals surface area contributed by atoms with E-state index in [1.54, 1.807) is 4.90 Å². The van der Waals surface area contributed by atoms with E-state index in [1.807, 2.05) is 89.8 Å². The number of amides is 2. The van der Waals surface area contributed by atoms with Crippen molar-refractivity contribution >= 4 is 46.9 Å². The number of hydrogen-bond donors (Lipinski definition) is 1. The van der Waals surface area contributed by atoms with Crippen LogP contribution in [0.5, 0.6) is 0 Å². The van der Waals surface area contributed by atoms with Crippen molar-refractivity contribution in [1.29, 1.82) is 0 Å². The standard InChI is InChI=1S/C34H30ClN3O2S/c35-29-10-6-9-27(21-29)24-38-30-11-4-5-12-31(30)41-32(34(38)40)22-25-13-15-28(16-14-25)33(39)37-19-17-36(18-20-37)23-26-7-2-1-3-8-26/h1-16,21-22H,17-20,23-24H2/p+1. The molecule has 0 spiro atoms. The maximum atomic E-state index is 13.6. The molecule has 2 aliphatic heterocycles. The molecule has 0 radical (unpaired) electrons. The first-order valence-electron chi connectivity index (χ1n) is 13.9. The summed E-state index contributed by atoms with van der Waals surface area (Å²) in [5.41, 5.74) is 4.76. The minimum atomic E-state index is -0.0512. The maximum absolute atomic E-state index is 13.6. The molecule has 206 valence electrons. The summed E-state index contributed by atoms with van der Waals surface area (Å²) >= 11 is 7.69. The number of quaternary nitrogens is 1. The molecule has 4 aromatic rings. The Bertz CT molecular complexity index is 1580. The monoisotopic (exact) mass is 580 g/mol. The summed E-state index contributed by atoms with van der Waals surface area (Å²) in [7, 11) is 0. The van der Waals surface area contributed by atoms with Crippen molar-refractivity contribution in [3.63, 3.8) is 0 Å². The molecular weight excluding hydrogens is 550 g/mol. The third kappa shape index (κ3) is 6.41. The Morgan fingerprint density at radius 1 is 0.854 bits per heavy atom. The fourth-order valence-corrected chi connectivity index (χ4v) is 6.65. The molecule has 0 aliphatic carbocycles. The lowest BCUT2D eigenvalue weighted by atomic mass is 10.1. The first kappa shape index (κ1) is 27.3. The highest BCUT2D eigenvalue weighted by Gasteiger charge is 2.29. The molecule has 4 aromatic carbocycles. The topological polar surface area (TPSA) is 45.1 Å². The van der Waals surface area contributed by atoms with Gasteiger partial charge in [-0.1, -0.05) is 90.1 Å². The van der Waals surface area contributed by atoms with E-state index >= 15 is 0 Å². The number of nitrogens with one attached hydrogen (secondary N) is 1. The number of halogens is 1. The Balaban J connectivity index is 1.13. The number of carbonyl (C=O) groups excluding carboxylic acids is 2. The van der Waals surface area contributed by atoms with Gasteiger partial charge in [-0.2, -0.15) is 0 Å². The van der Waals surface area contributed by atoms with Gasteiger partial charge in [0, 0.05) is 21.0 Å². The third-order valence-corrected chi connectivity index (χ3v) is 8.88. The number of para-hydroxylation sites is 1. The summed E-state index contributed by atoms with van der Waals surface area (Å²) in [6, 6.07) is 33.7. The molecule has 0 bridgehead atoms. The van der Waals surface area contributed by atoms with E-state index in [9.17, 15) is 9.59 Å². The van der Waals surface area contributed by atoms with Crippen LogP contribution < -0.4 is 9.80 Å². The second-order valence-electron chi connectivity index (χ2n) is 10.4. The smallest absolute Gasteiger partial charge is 0.265 e. The maximum Gasteiger partial charge on any atom is 0.265 e. The lowest BCUT2D eigenvalue weighted by molar-refractivity contribution is -0.917. The highest BCUT2D eigenvalue weighted by molar-refractivity contribution is 8.04. The average molecular weight is 581 g/mol. The van der Waals surface area contributed by atoms with Gasteiger partial charge in [0.1, 0.15) is 6.54 Å². The van der Waals surface area contributed by atoms with Gasteiger partial charge in [-0.05, 0) is 53.6 Å². The van der Waals surface area contributed by atoms with Crippen molar-refractivity contribution in [3.05, 3.63) is 135 Å². The van der Waals surface area contributed by atoms with Crippen LogP contribution in [-0.4, -0.2) is 42.9 Å². The van der Waals surface area contributed by atoms with Gasteiger partial charge in [0.2, 0.25) is 0 Å². The Kier molecular flexibility index (Phi) is 8.23. The normalized spacial score (nSPS) is 16.6. The van der Waals surface area contributed by atoms with Gasteiger partial charge in [-0.25, -0.2) is 0 Å². The van der Waals surface area contributed by atoms with Crippen LogP contribution >= 0.6 is 23.4 Å². The number of fused-ring (bicyclic) bond motifs is 1. The van der Waals surface area contributed by atoms with Gasteiger partial charge in [0.05, 0.1) is 43.3 Å². The predicted octanol–water partition coefficient (Wildman–Crippen LogP) is 5.56. The fraction of sp³-hybridized carbons (Fsp3) is 0.176. The first-order chi connectivity index (χ1) is 20.0. The number of carbonyl (C=O) groups is 2. The summed E-state index contributed by atoms with van der Waals surface area (Å²) < 4.78 is 0. The number of rotatable bonds is 6. The van der Waals surface area contributed by atoms with Crippen LogP contribution in [0.25, 0.3) is 6.08 Å². The molecule has 41 heavy (non-hydrogen) atoms. The molecule has 2 aliphatic rings. The van der Waals surface area contributed by atoms with Crippen molar-refractivity contribution in [1.82, 2.24) is 4.90 Å². The van der Waals surface area contributed by atoms with Crippen LogP contribution in [0.3, 0.4) is 0 Å². The van der Waals surface area contributed by atoms with E-state index in [1.165, 1.54) is 22.2 Å². The lowest BCUT2D eigenvalue weighted by Gasteiger charge is -2.32. The molecule has 0 atom stereocenters. The van der Waals surface area contributed by atoms with Crippen molar-refractivity contribution in [2.45, 2.75) is 18.0 Å². The van der Waals surface area contributed by atoms with Gasteiger partial charge in [0.15, 0.2) is 0 Å².